The van der Waals surface area contributed by atoms with Crippen LogP contribution in [0.15, 0.2) is 22.9 Å². The Balaban J connectivity index is 1.48. The van der Waals surface area contributed by atoms with Crippen LogP contribution in [0, 0.1) is 5.92 Å². The number of likely N-dealkylation sites (tertiary alicyclic amines) is 1. The minimum atomic E-state index is 0.0147. The number of nitrogens with one attached hydrogen (secondary N) is 1. The molecule has 1 saturated heterocycles. The molecule has 0 spiro atoms. The van der Waals surface area contributed by atoms with Crippen LogP contribution < -0.4 is 5.32 Å². The van der Waals surface area contributed by atoms with E-state index in [2.05, 4.69) is 26.2 Å². The van der Waals surface area contributed by atoms with Crippen molar-refractivity contribution in [1.29, 1.82) is 0 Å². The number of nitrogens with zero attached hydrogens (tertiary/aromatic N) is 2. The summed E-state index contributed by atoms with van der Waals surface area (Å²) in [7, 11) is 0. The number of halogens is 1. The molecule has 0 atom stereocenters. The van der Waals surface area contributed by atoms with E-state index in [-0.39, 0.29) is 23.8 Å². The highest BCUT2D eigenvalue weighted by atomic mass is 79.9. The van der Waals surface area contributed by atoms with E-state index in [1.54, 1.807) is 18.5 Å². The number of hydrogen-bond donors (Lipinski definition) is 1. The lowest BCUT2D eigenvalue weighted by Crippen LogP contribution is -2.48. The molecule has 1 aliphatic carbocycles. The van der Waals surface area contributed by atoms with E-state index >= 15 is 0 Å². The number of amides is 2. The van der Waals surface area contributed by atoms with Gasteiger partial charge >= 0.3 is 0 Å². The Morgan fingerprint density at radius 1 is 1.08 bits per heavy atom. The van der Waals surface area contributed by atoms with E-state index in [1.807, 2.05) is 4.90 Å². The van der Waals surface area contributed by atoms with Gasteiger partial charge in [-0.05, 0) is 47.7 Å². The van der Waals surface area contributed by atoms with E-state index in [4.69, 9.17) is 0 Å². The topological polar surface area (TPSA) is 62.3 Å². The van der Waals surface area contributed by atoms with Crippen molar-refractivity contribution < 1.29 is 9.59 Å². The standard InChI is InChI=1S/C18H24BrN3O2/c19-15-10-14(11-20-12-15)18(24)22-8-6-16(7-9-22)21-17(23)13-4-2-1-3-5-13/h10-13,16H,1-9H2,(H,21,23). The van der Waals surface area contributed by atoms with E-state index < -0.39 is 0 Å². The van der Waals surface area contributed by atoms with Gasteiger partial charge in [-0.1, -0.05) is 19.3 Å². The van der Waals surface area contributed by atoms with Crippen molar-refractivity contribution in [3.63, 3.8) is 0 Å². The van der Waals surface area contributed by atoms with Gasteiger partial charge in [0.1, 0.15) is 0 Å². The molecule has 1 N–H and O–H groups in total. The molecule has 1 aromatic rings. The van der Waals surface area contributed by atoms with Crippen LogP contribution >= 0.6 is 15.9 Å². The Labute approximate surface area is 151 Å². The predicted octanol–water partition coefficient (Wildman–Crippen LogP) is 3.15. The van der Waals surface area contributed by atoms with E-state index in [0.717, 1.165) is 30.2 Å². The summed E-state index contributed by atoms with van der Waals surface area (Å²) in [6.45, 7) is 1.36. The molecule has 5 nitrogen and oxygen atoms in total. The smallest absolute Gasteiger partial charge is 0.255 e. The van der Waals surface area contributed by atoms with Crippen molar-refractivity contribution in [3.05, 3.63) is 28.5 Å². The minimum absolute atomic E-state index is 0.0147. The summed E-state index contributed by atoms with van der Waals surface area (Å²) < 4.78 is 0.808. The molecule has 1 aliphatic heterocycles. The summed E-state index contributed by atoms with van der Waals surface area (Å²) in [5.41, 5.74) is 0.606. The number of pyridine rings is 1. The van der Waals surface area contributed by atoms with Crippen molar-refractivity contribution >= 4 is 27.7 Å². The van der Waals surface area contributed by atoms with Crippen LogP contribution in [0.1, 0.15) is 55.3 Å². The summed E-state index contributed by atoms with van der Waals surface area (Å²) >= 11 is 3.35. The zero-order valence-electron chi connectivity index (χ0n) is 13.8. The molecule has 130 valence electrons. The normalized spacial score (nSPS) is 20.0. The molecule has 6 heteroatoms. The Hall–Kier alpha value is -1.43. The summed E-state index contributed by atoms with van der Waals surface area (Å²) in [4.78, 5) is 30.8. The summed E-state index contributed by atoms with van der Waals surface area (Å²) in [6, 6.07) is 2.00. The van der Waals surface area contributed by atoms with Crippen molar-refractivity contribution in [1.82, 2.24) is 15.2 Å². The summed E-state index contributed by atoms with van der Waals surface area (Å²) in [5.74, 6) is 0.433. The lowest BCUT2D eigenvalue weighted by Gasteiger charge is -2.33. The highest BCUT2D eigenvalue weighted by molar-refractivity contribution is 9.10. The molecule has 0 aromatic carbocycles. The number of carbonyl (C=O) groups excluding carboxylic acids is 2. The maximum atomic E-state index is 12.5. The molecule has 1 saturated carbocycles. The minimum Gasteiger partial charge on any atom is -0.353 e. The third-order valence-electron chi connectivity index (χ3n) is 5.06. The van der Waals surface area contributed by atoms with Crippen molar-refractivity contribution in [2.45, 2.75) is 51.0 Å². The van der Waals surface area contributed by atoms with Gasteiger partial charge in [-0.25, -0.2) is 0 Å². The molecule has 1 aromatic heterocycles. The van der Waals surface area contributed by atoms with Gasteiger partial charge < -0.3 is 10.2 Å². The first kappa shape index (κ1) is 17.4. The van der Waals surface area contributed by atoms with Crippen molar-refractivity contribution in [2.75, 3.05) is 13.1 Å². The van der Waals surface area contributed by atoms with Gasteiger partial charge in [0.15, 0.2) is 0 Å². The first-order chi connectivity index (χ1) is 11.6. The second-order valence-corrected chi connectivity index (χ2v) is 7.72. The highest BCUT2D eigenvalue weighted by Gasteiger charge is 2.27. The van der Waals surface area contributed by atoms with Crippen LogP contribution in [-0.4, -0.2) is 40.8 Å². The zero-order valence-corrected chi connectivity index (χ0v) is 15.4. The number of hydrogen-bond acceptors (Lipinski definition) is 3. The van der Waals surface area contributed by atoms with Crippen LogP contribution in [0.4, 0.5) is 0 Å². The highest BCUT2D eigenvalue weighted by Crippen LogP contribution is 2.24. The Kier molecular flexibility index (Phi) is 5.87. The molecule has 24 heavy (non-hydrogen) atoms. The van der Waals surface area contributed by atoms with Crippen molar-refractivity contribution in [2.24, 2.45) is 5.92 Å². The maximum absolute atomic E-state index is 12.5. The molecule has 2 fully saturated rings. The Bertz CT molecular complexity index is 594. The molecule has 0 unspecified atom stereocenters. The zero-order chi connectivity index (χ0) is 16.9. The fourth-order valence-electron chi connectivity index (χ4n) is 3.62. The van der Waals surface area contributed by atoms with Crippen molar-refractivity contribution in [3.8, 4) is 0 Å². The fraction of sp³-hybridized carbons (Fsp3) is 0.611. The quantitative estimate of drug-likeness (QED) is 0.857. The van der Waals surface area contributed by atoms with E-state index in [9.17, 15) is 9.59 Å². The van der Waals surface area contributed by atoms with Crippen LogP contribution in [-0.2, 0) is 4.79 Å². The van der Waals surface area contributed by atoms with Crippen LogP contribution in [0.5, 0.6) is 0 Å². The monoisotopic (exact) mass is 393 g/mol. The van der Waals surface area contributed by atoms with E-state index in [1.165, 1.54) is 19.3 Å². The number of piperidine rings is 1. The number of aromatic nitrogens is 1. The average molecular weight is 394 g/mol. The molecule has 2 amide bonds. The average Bonchev–Trinajstić information content (AvgIpc) is 2.62. The number of rotatable bonds is 3. The predicted molar refractivity (Wildman–Crippen MR) is 95.6 cm³/mol. The lowest BCUT2D eigenvalue weighted by molar-refractivity contribution is -0.126. The first-order valence-corrected chi connectivity index (χ1v) is 9.63. The maximum Gasteiger partial charge on any atom is 0.255 e. The fourth-order valence-corrected chi connectivity index (χ4v) is 3.99. The van der Waals surface area contributed by atoms with Gasteiger partial charge in [-0.2, -0.15) is 0 Å². The van der Waals surface area contributed by atoms with Crippen LogP contribution in [0.2, 0.25) is 0 Å². The molecular formula is C18H24BrN3O2. The van der Waals surface area contributed by atoms with Crippen LogP contribution in [0.25, 0.3) is 0 Å². The molecule has 2 heterocycles. The molecular weight excluding hydrogens is 370 g/mol. The Morgan fingerprint density at radius 3 is 2.46 bits per heavy atom. The molecule has 0 radical (unpaired) electrons. The third kappa shape index (κ3) is 4.35. The largest absolute Gasteiger partial charge is 0.353 e. The van der Waals surface area contributed by atoms with Crippen LogP contribution in [0.3, 0.4) is 0 Å². The first-order valence-electron chi connectivity index (χ1n) is 8.83. The second-order valence-electron chi connectivity index (χ2n) is 6.80. The third-order valence-corrected chi connectivity index (χ3v) is 5.49. The lowest BCUT2D eigenvalue weighted by atomic mass is 9.88. The molecule has 2 aliphatic rings. The Morgan fingerprint density at radius 2 is 1.79 bits per heavy atom. The summed E-state index contributed by atoms with van der Waals surface area (Å²) in [6.07, 6.45) is 10.6. The van der Waals surface area contributed by atoms with Gasteiger partial charge in [0.25, 0.3) is 5.91 Å². The summed E-state index contributed by atoms with van der Waals surface area (Å²) in [5, 5.41) is 3.20. The molecule has 3 rings (SSSR count). The van der Waals surface area contributed by atoms with Gasteiger partial charge in [0.2, 0.25) is 5.91 Å². The van der Waals surface area contributed by atoms with Gasteiger partial charge in [-0.15, -0.1) is 0 Å². The number of carbonyl (C=O) groups is 2. The van der Waals surface area contributed by atoms with Gasteiger partial charge in [-0.3, -0.25) is 14.6 Å². The SMILES string of the molecule is O=C(NC1CCN(C(=O)c2cncc(Br)c2)CC1)C1CCCCC1. The van der Waals surface area contributed by atoms with E-state index in [0.29, 0.717) is 18.7 Å². The van der Waals surface area contributed by atoms with Gasteiger partial charge in [0, 0.05) is 41.9 Å². The second kappa shape index (κ2) is 8.10. The van der Waals surface area contributed by atoms with Gasteiger partial charge in [0.05, 0.1) is 5.56 Å². The molecule has 0 bridgehead atoms.